The lowest BCUT2D eigenvalue weighted by atomic mass is 9.41. The van der Waals surface area contributed by atoms with Crippen LogP contribution in [0.2, 0.25) is 0 Å². The second-order valence-electron chi connectivity index (χ2n) is 12.0. The van der Waals surface area contributed by atoms with E-state index in [1.165, 1.54) is 25.7 Å². The number of hydrogen-bond donors (Lipinski definition) is 3. The smallest absolute Gasteiger partial charge is 0.0605 e. The largest absolute Gasteiger partial charge is 0.396 e. The van der Waals surface area contributed by atoms with Crippen LogP contribution in [0.15, 0.2) is 0 Å². The summed E-state index contributed by atoms with van der Waals surface area (Å²) in [5, 5.41) is 31.4. The Morgan fingerprint density at radius 3 is 2.31 bits per heavy atom. The molecule has 0 spiro atoms. The van der Waals surface area contributed by atoms with Crippen LogP contribution >= 0.6 is 0 Å². The number of aliphatic hydroxyl groups excluding tert-OH is 3. The van der Waals surface area contributed by atoms with Crippen LogP contribution < -0.4 is 0 Å². The van der Waals surface area contributed by atoms with Gasteiger partial charge in [0.05, 0.1) is 12.2 Å². The Morgan fingerprint density at radius 1 is 0.931 bits per heavy atom. The zero-order chi connectivity index (χ0) is 21.0. The maximum absolute atomic E-state index is 11.7. The molecule has 0 aromatic carbocycles. The Hall–Kier alpha value is -0.120. The van der Waals surface area contributed by atoms with Crippen LogP contribution in [0.5, 0.6) is 0 Å². The van der Waals surface area contributed by atoms with Gasteiger partial charge in [-0.15, -0.1) is 0 Å². The average Bonchev–Trinajstić information content (AvgIpc) is 3.05. The lowest BCUT2D eigenvalue weighted by Crippen LogP contribution is -2.62. The normalized spacial score (nSPS) is 53.1. The fraction of sp³-hybridized carbons (Fsp3) is 1.00. The molecule has 11 atom stereocenters. The van der Waals surface area contributed by atoms with Gasteiger partial charge in [0.1, 0.15) is 0 Å². The van der Waals surface area contributed by atoms with Gasteiger partial charge in [-0.3, -0.25) is 0 Å². The summed E-state index contributed by atoms with van der Waals surface area (Å²) in [4.78, 5) is 0. The third kappa shape index (κ3) is 3.33. The Morgan fingerprint density at radius 2 is 1.62 bits per heavy atom. The number of hydrogen-bond acceptors (Lipinski definition) is 3. The number of aliphatic hydroxyl groups is 3. The first-order valence-corrected chi connectivity index (χ1v) is 12.7. The van der Waals surface area contributed by atoms with Gasteiger partial charge in [-0.1, -0.05) is 34.1 Å². The molecule has 4 fully saturated rings. The summed E-state index contributed by atoms with van der Waals surface area (Å²) < 4.78 is 0. The molecule has 3 heteroatoms. The van der Waals surface area contributed by atoms with Gasteiger partial charge in [-0.05, 0) is 110 Å². The van der Waals surface area contributed by atoms with E-state index < -0.39 is 0 Å². The maximum atomic E-state index is 11.7. The maximum Gasteiger partial charge on any atom is 0.0605 e. The highest BCUT2D eigenvalue weighted by atomic mass is 16.3. The van der Waals surface area contributed by atoms with Crippen molar-refractivity contribution in [2.75, 3.05) is 6.61 Å². The highest BCUT2D eigenvalue weighted by Crippen LogP contribution is 2.69. The summed E-state index contributed by atoms with van der Waals surface area (Å²) in [5.74, 6) is 3.97. The first-order valence-electron chi connectivity index (χ1n) is 12.7. The first-order chi connectivity index (χ1) is 13.8. The predicted molar refractivity (Wildman–Crippen MR) is 117 cm³/mol. The van der Waals surface area contributed by atoms with Crippen LogP contribution in [0.3, 0.4) is 0 Å². The molecule has 0 bridgehead atoms. The summed E-state index contributed by atoms with van der Waals surface area (Å²) in [5.41, 5.74) is 0.651. The summed E-state index contributed by atoms with van der Waals surface area (Å²) in [6.45, 7) is 10.0. The molecule has 0 aliphatic heterocycles. The van der Waals surface area contributed by atoms with E-state index >= 15 is 0 Å². The van der Waals surface area contributed by atoms with Gasteiger partial charge in [0.2, 0.25) is 0 Å². The molecule has 3 nitrogen and oxygen atoms in total. The lowest BCUT2D eigenvalue weighted by molar-refractivity contribution is -0.203. The van der Waals surface area contributed by atoms with E-state index in [4.69, 9.17) is 0 Å². The van der Waals surface area contributed by atoms with Gasteiger partial charge >= 0.3 is 0 Å². The molecule has 29 heavy (non-hydrogen) atoms. The monoisotopic (exact) mass is 406 g/mol. The molecule has 4 aliphatic carbocycles. The third-order valence-corrected chi connectivity index (χ3v) is 11.0. The molecule has 4 aliphatic rings. The van der Waals surface area contributed by atoms with Crippen molar-refractivity contribution in [3.05, 3.63) is 0 Å². The van der Waals surface area contributed by atoms with Crippen molar-refractivity contribution < 1.29 is 15.3 Å². The van der Waals surface area contributed by atoms with Gasteiger partial charge in [0, 0.05) is 6.61 Å². The van der Waals surface area contributed by atoms with Gasteiger partial charge in [-0.25, -0.2) is 0 Å². The highest BCUT2D eigenvalue weighted by molar-refractivity contribution is 5.13. The standard InChI is InChI=1S/C26H46O3/c1-5-18-22-15-17(28)10-12-26(22,4)21-11-13-25(3)19(16(2)7-6-14-27)8-9-20(25)23(21)24(18)29/h16-24,27-29H,5-15H2,1-4H3/t16-,17-,18-,19?,20?,21?,22?,23?,24?,25-,26-/m1/s1. The summed E-state index contributed by atoms with van der Waals surface area (Å²) in [6.07, 6.45) is 10.9. The van der Waals surface area contributed by atoms with Crippen molar-refractivity contribution in [2.24, 2.45) is 52.3 Å². The van der Waals surface area contributed by atoms with Crippen molar-refractivity contribution in [1.82, 2.24) is 0 Å². The molecule has 4 rings (SSSR count). The molecule has 0 aromatic rings. The Bertz CT molecular complexity index is 578. The summed E-state index contributed by atoms with van der Waals surface area (Å²) >= 11 is 0. The van der Waals surface area contributed by atoms with Crippen molar-refractivity contribution in [1.29, 1.82) is 0 Å². The SMILES string of the molecule is CC[C@H]1C(O)C2C3CCC([C@H](C)CCCO)[C@@]3(C)CCC2[C@@]2(C)CC[C@@H](O)CC12. The fourth-order valence-corrected chi connectivity index (χ4v) is 9.55. The second-order valence-corrected chi connectivity index (χ2v) is 12.0. The number of rotatable bonds is 5. The van der Waals surface area contributed by atoms with Gasteiger partial charge in [-0.2, -0.15) is 0 Å². The van der Waals surface area contributed by atoms with E-state index in [-0.39, 0.29) is 12.2 Å². The van der Waals surface area contributed by atoms with E-state index in [2.05, 4.69) is 27.7 Å². The summed E-state index contributed by atoms with van der Waals surface area (Å²) in [7, 11) is 0. The van der Waals surface area contributed by atoms with E-state index in [0.29, 0.717) is 52.9 Å². The predicted octanol–water partition coefficient (Wildman–Crippen LogP) is 5.02. The molecule has 0 radical (unpaired) electrons. The molecular formula is C26H46O3. The van der Waals surface area contributed by atoms with Crippen molar-refractivity contribution >= 4 is 0 Å². The topological polar surface area (TPSA) is 60.7 Å². The minimum Gasteiger partial charge on any atom is -0.396 e. The van der Waals surface area contributed by atoms with E-state index in [9.17, 15) is 15.3 Å². The van der Waals surface area contributed by atoms with Crippen molar-refractivity contribution in [3.8, 4) is 0 Å². The van der Waals surface area contributed by atoms with E-state index in [0.717, 1.165) is 44.4 Å². The molecule has 0 saturated heterocycles. The average molecular weight is 407 g/mol. The summed E-state index contributed by atoms with van der Waals surface area (Å²) in [6, 6.07) is 0. The molecule has 0 aromatic heterocycles. The molecule has 168 valence electrons. The Labute approximate surface area is 178 Å². The van der Waals surface area contributed by atoms with Gasteiger partial charge < -0.3 is 15.3 Å². The molecule has 0 heterocycles. The Balaban J connectivity index is 1.63. The quantitative estimate of drug-likeness (QED) is 0.601. The third-order valence-electron chi connectivity index (χ3n) is 11.0. The molecule has 0 amide bonds. The minimum absolute atomic E-state index is 0.164. The van der Waals surface area contributed by atoms with Crippen molar-refractivity contribution in [2.45, 2.75) is 104 Å². The zero-order valence-corrected chi connectivity index (χ0v) is 19.3. The first kappa shape index (κ1) is 22.1. The molecule has 4 saturated carbocycles. The van der Waals surface area contributed by atoms with E-state index in [1.54, 1.807) is 0 Å². The lowest BCUT2D eigenvalue weighted by Gasteiger charge is -2.64. The van der Waals surface area contributed by atoms with Crippen LogP contribution in [0, 0.1) is 52.3 Å². The zero-order valence-electron chi connectivity index (χ0n) is 19.3. The van der Waals surface area contributed by atoms with Crippen LogP contribution in [0.4, 0.5) is 0 Å². The van der Waals surface area contributed by atoms with Crippen LogP contribution in [-0.2, 0) is 0 Å². The Kier molecular flexibility index (Phi) is 6.17. The molecular weight excluding hydrogens is 360 g/mol. The van der Waals surface area contributed by atoms with Crippen LogP contribution in [-0.4, -0.2) is 34.1 Å². The van der Waals surface area contributed by atoms with Gasteiger partial charge in [0.25, 0.3) is 0 Å². The van der Waals surface area contributed by atoms with Crippen LogP contribution in [0.1, 0.15) is 91.9 Å². The molecule has 3 N–H and O–H groups in total. The van der Waals surface area contributed by atoms with E-state index in [1.807, 2.05) is 0 Å². The van der Waals surface area contributed by atoms with Crippen LogP contribution in [0.25, 0.3) is 0 Å². The molecule has 6 unspecified atom stereocenters. The highest BCUT2D eigenvalue weighted by Gasteiger charge is 2.64. The minimum atomic E-state index is -0.190. The fourth-order valence-electron chi connectivity index (χ4n) is 9.55. The van der Waals surface area contributed by atoms with Gasteiger partial charge in [0.15, 0.2) is 0 Å². The number of fused-ring (bicyclic) bond motifs is 5. The van der Waals surface area contributed by atoms with Crippen molar-refractivity contribution in [3.63, 3.8) is 0 Å². The second kappa shape index (κ2) is 8.10.